The van der Waals surface area contributed by atoms with Gasteiger partial charge in [-0.15, -0.1) is 11.3 Å². The Bertz CT molecular complexity index is 945. The van der Waals surface area contributed by atoms with Crippen molar-refractivity contribution in [2.75, 3.05) is 38.0 Å². The van der Waals surface area contributed by atoms with E-state index in [-0.39, 0.29) is 5.91 Å². The number of carbonyl (C=O) groups is 1. The first-order chi connectivity index (χ1) is 13.7. The lowest BCUT2D eigenvalue weighted by Gasteiger charge is -2.34. The molecule has 1 aliphatic rings. The Morgan fingerprint density at radius 2 is 2.11 bits per heavy atom. The summed E-state index contributed by atoms with van der Waals surface area (Å²) in [5.41, 5.74) is 0.948. The molecule has 1 amide bonds. The predicted molar refractivity (Wildman–Crippen MR) is 111 cm³/mol. The van der Waals surface area contributed by atoms with Crippen LogP contribution in [0.2, 0.25) is 0 Å². The Labute approximate surface area is 168 Å². The Balaban J connectivity index is 1.54. The zero-order valence-electron chi connectivity index (χ0n) is 16.3. The van der Waals surface area contributed by atoms with Gasteiger partial charge in [-0.25, -0.2) is 9.97 Å². The first-order valence-corrected chi connectivity index (χ1v) is 10.5. The molecule has 4 heterocycles. The maximum absolute atomic E-state index is 13.1. The lowest BCUT2D eigenvalue weighted by atomic mass is 10.1. The van der Waals surface area contributed by atoms with E-state index in [1.807, 2.05) is 24.0 Å². The van der Waals surface area contributed by atoms with Crippen molar-refractivity contribution in [3.05, 3.63) is 40.9 Å². The summed E-state index contributed by atoms with van der Waals surface area (Å²) < 4.78 is 5.38. The molecule has 3 aromatic rings. The van der Waals surface area contributed by atoms with E-state index in [0.717, 1.165) is 71.4 Å². The Morgan fingerprint density at radius 1 is 1.29 bits per heavy atom. The smallest absolute Gasteiger partial charge is 0.264 e. The number of amides is 1. The van der Waals surface area contributed by atoms with Gasteiger partial charge in [-0.2, -0.15) is 0 Å². The van der Waals surface area contributed by atoms with E-state index in [2.05, 4.69) is 27.1 Å². The number of piperazine rings is 1. The molecule has 0 saturated carbocycles. The number of rotatable bonds is 6. The lowest BCUT2D eigenvalue weighted by molar-refractivity contribution is 0.0642. The molecule has 28 heavy (non-hydrogen) atoms. The summed E-state index contributed by atoms with van der Waals surface area (Å²) in [6.45, 7) is 9.26. The highest BCUT2D eigenvalue weighted by atomic mass is 32.1. The maximum atomic E-state index is 13.1. The summed E-state index contributed by atoms with van der Waals surface area (Å²) in [6, 6.07) is 3.78. The minimum absolute atomic E-state index is 0.105. The number of aromatic nitrogens is 2. The van der Waals surface area contributed by atoms with Crippen LogP contribution in [0.1, 0.15) is 34.3 Å². The molecule has 0 atom stereocenters. The third-order valence-electron chi connectivity index (χ3n) is 5.13. The van der Waals surface area contributed by atoms with Crippen molar-refractivity contribution in [1.29, 1.82) is 0 Å². The van der Waals surface area contributed by atoms with Gasteiger partial charge in [-0.3, -0.25) is 9.69 Å². The molecular formula is C20H25N5O2S. The number of thiophene rings is 1. The molecule has 0 unspecified atom stereocenters. The number of nitrogens with one attached hydrogen (secondary N) is 1. The van der Waals surface area contributed by atoms with Crippen molar-refractivity contribution in [3.63, 3.8) is 0 Å². The highest BCUT2D eigenvalue weighted by molar-refractivity contribution is 7.20. The zero-order valence-corrected chi connectivity index (χ0v) is 17.1. The molecule has 0 aliphatic carbocycles. The van der Waals surface area contributed by atoms with Crippen molar-refractivity contribution in [1.82, 2.24) is 19.8 Å². The van der Waals surface area contributed by atoms with Crippen LogP contribution in [0.3, 0.4) is 0 Å². The van der Waals surface area contributed by atoms with Crippen molar-refractivity contribution in [3.8, 4) is 0 Å². The highest BCUT2D eigenvalue weighted by Crippen LogP contribution is 2.34. The first-order valence-electron chi connectivity index (χ1n) is 9.69. The topological polar surface area (TPSA) is 74.5 Å². The molecule has 8 heteroatoms. The van der Waals surface area contributed by atoms with E-state index in [4.69, 9.17) is 4.42 Å². The second-order valence-corrected chi connectivity index (χ2v) is 8.02. The van der Waals surface area contributed by atoms with Crippen molar-refractivity contribution < 1.29 is 9.21 Å². The summed E-state index contributed by atoms with van der Waals surface area (Å²) in [4.78, 5) is 27.9. The number of carbonyl (C=O) groups excluding carboxylic acids is 1. The zero-order chi connectivity index (χ0) is 19.5. The molecular weight excluding hydrogens is 374 g/mol. The van der Waals surface area contributed by atoms with Crippen LogP contribution in [0.25, 0.3) is 10.2 Å². The molecule has 1 saturated heterocycles. The Morgan fingerprint density at radius 3 is 2.82 bits per heavy atom. The summed E-state index contributed by atoms with van der Waals surface area (Å²) >= 11 is 1.45. The van der Waals surface area contributed by atoms with Gasteiger partial charge in [0.1, 0.15) is 22.7 Å². The molecule has 0 aromatic carbocycles. The highest BCUT2D eigenvalue weighted by Gasteiger charge is 2.26. The summed E-state index contributed by atoms with van der Waals surface area (Å²) in [6.07, 6.45) is 4.34. The standard InChI is InChI=1S/C20H25N5O2S/c1-3-6-24-7-9-25(10-8-24)20(26)17-14(2)16-18(22-13-23-19(16)28-17)21-12-15-5-4-11-27-15/h4-5,11,13H,3,6-10,12H2,1-2H3,(H,21,22,23). The van der Waals surface area contributed by atoms with Crippen LogP contribution in [0.15, 0.2) is 29.1 Å². The molecule has 1 aliphatic heterocycles. The number of hydrogen-bond donors (Lipinski definition) is 1. The molecule has 1 N–H and O–H groups in total. The van der Waals surface area contributed by atoms with Crippen LogP contribution in [0.4, 0.5) is 5.82 Å². The largest absolute Gasteiger partial charge is 0.467 e. The van der Waals surface area contributed by atoms with Crippen LogP contribution in [-0.4, -0.2) is 58.4 Å². The fourth-order valence-corrected chi connectivity index (χ4v) is 4.74. The number of nitrogens with zero attached hydrogens (tertiary/aromatic N) is 4. The number of fused-ring (bicyclic) bond motifs is 1. The van der Waals surface area contributed by atoms with Gasteiger partial charge < -0.3 is 14.6 Å². The Hall–Kier alpha value is -2.45. The van der Waals surface area contributed by atoms with E-state index in [1.54, 1.807) is 12.6 Å². The normalized spacial score (nSPS) is 15.3. The predicted octanol–water partition coefficient (Wildman–Crippen LogP) is 3.37. The number of anilines is 1. The van der Waals surface area contributed by atoms with Crippen LogP contribution >= 0.6 is 11.3 Å². The van der Waals surface area contributed by atoms with Crippen molar-refractivity contribution in [2.24, 2.45) is 0 Å². The van der Waals surface area contributed by atoms with Crippen LogP contribution < -0.4 is 5.32 Å². The molecule has 1 fully saturated rings. The van der Waals surface area contributed by atoms with E-state index in [1.165, 1.54) is 11.3 Å². The minimum Gasteiger partial charge on any atom is -0.467 e. The van der Waals surface area contributed by atoms with Gasteiger partial charge in [0.25, 0.3) is 5.91 Å². The van der Waals surface area contributed by atoms with Crippen LogP contribution in [-0.2, 0) is 6.54 Å². The van der Waals surface area contributed by atoms with E-state index < -0.39 is 0 Å². The van der Waals surface area contributed by atoms with E-state index in [0.29, 0.717) is 6.54 Å². The molecule has 0 radical (unpaired) electrons. The number of aryl methyl sites for hydroxylation is 1. The quantitative estimate of drug-likeness (QED) is 0.685. The lowest BCUT2D eigenvalue weighted by Crippen LogP contribution is -2.48. The molecule has 3 aromatic heterocycles. The molecule has 0 bridgehead atoms. The third kappa shape index (κ3) is 3.74. The second-order valence-electron chi connectivity index (χ2n) is 7.03. The SMILES string of the molecule is CCCN1CCN(C(=O)c2sc3ncnc(NCc4ccco4)c3c2C)CC1. The number of hydrogen-bond acceptors (Lipinski definition) is 7. The molecule has 0 spiro atoms. The monoisotopic (exact) mass is 399 g/mol. The number of furan rings is 1. The van der Waals surface area contributed by atoms with Crippen molar-refractivity contribution >= 4 is 33.3 Å². The third-order valence-corrected chi connectivity index (χ3v) is 6.32. The van der Waals surface area contributed by atoms with E-state index >= 15 is 0 Å². The fraction of sp³-hybridized carbons (Fsp3) is 0.450. The minimum atomic E-state index is 0.105. The van der Waals surface area contributed by atoms with Crippen molar-refractivity contribution in [2.45, 2.75) is 26.8 Å². The van der Waals surface area contributed by atoms with E-state index in [9.17, 15) is 4.79 Å². The van der Waals surface area contributed by atoms with Gasteiger partial charge in [0, 0.05) is 26.2 Å². The average Bonchev–Trinajstić information content (AvgIpc) is 3.35. The molecule has 7 nitrogen and oxygen atoms in total. The summed E-state index contributed by atoms with van der Waals surface area (Å²) in [5, 5.41) is 4.24. The van der Waals surface area contributed by atoms with Gasteiger partial charge in [0.15, 0.2) is 0 Å². The molecule has 4 rings (SSSR count). The fourth-order valence-electron chi connectivity index (χ4n) is 3.63. The average molecular weight is 400 g/mol. The summed E-state index contributed by atoms with van der Waals surface area (Å²) in [5.74, 6) is 1.68. The first kappa shape index (κ1) is 18.9. The van der Waals surface area contributed by atoms with Crippen LogP contribution in [0, 0.1) is 6.92 Å². The van der Waals surface area contributed by atoms with Crippen LogP contribution in [0.5, 0.6) is 0 Å². The molecule has 148 valence electrons. The second kappa shape index (κ2) is 8.28. The van der Waals surface area contributed by atoms with Gasteiger partial charge >= 0.3 is 0 Å². The van der Waals surface area contributed by atoms with Gasteiger partial charge in [-0.05, 0) is 37.6 Å². The van der Waals surface area contributed by atoms with Gasteiger partial charge in [-0.1, -0.05) is 6.92 Å². The summed E-state index contributed by atoms with van der Waals surface area (Å²) in [7, 11) is 0. The van der Waals surface area contributed by atoms with Gasteiger partial charge in [0.2, 0.25) is 0 Å². The van der Waals surface area contributed by atoms with Gasteiger partial charge in [0.05, 0.1) is 23.1 Å². The maximum Gasteiger partial charge on any atom is 0.264 e. The Kier molecular flexibility index (Phi) is 5.59.